The molecule has 0 amide bonds. The number of nitrogens with one attached hydrogen (secondary N) is 1. The lowest BCUT2D eigenvalue weighted by Gasteiger charge is -2.31. The highest BCUT2D eigenvalue weighted by Crippen LogP contribution is 2.32. The molecule has 0 aromatic carbocycles. The highest BCUT2D eigenvalue weighted by atomic mass is 15.2. The fourth-order valence-corrected chi connectivity index (χ4v) is 3.17. The van der Waals surface area contributed by atoms with Crippen LogP contribution in [0.2, 0.25) is 0 Å². The molecule has 2 aliphatic rings. The van der Waals surface area contributed by atoms with Crippen molar-refractivity contribution in [2.75, 3.05) is 26.2 Å². The maximum Gasteiger partial charge on any atom is 0.0124 e. The minimum atomic E-state index is 0.917. The average Bonchev–Trinajstić information content (AvgIpc) is 2.52. The molecule has 0 aromatic rings. The number of nitrogens with zero attached hydrogens (tertiary/aromatic N) is 1. The molecule has 14 heavy (non-hydrogen) atoms. The van der Waals surface area contributed by atoms with Gasteiger partial charge in [0.05, 0.1) is 0 Å². The van der Waals surface area contributed by atoms with Crippen molar-refractivity contribution in [3.8, 4) is 0 Å². The molecule has 2 heteroatoms. The van der Waals surface area contributed by atoms with Crippen molar-refractivity contribution < 1.29 is 0 Å². The lowest BCUT2D eigenvalue weighted by Crippen LogP contribution is -2.39. The summed E-state index contributed by atoms with van der Waals surface area (Å²) in [7, 11) is 0. The molecular weight excluding hydrogens is 172 g/mol. The Balaban J connectivity index is 1.91. The molecule has 2 nitrogen and oxygen atoms in total. The third-order valence-electron chi connectivity index (χ3n) is 3.99. The third-order valence-corrected chi connectivity index (χ3v) is 3.99. The van der Waals surface area contributed by atoms with Crippen molar-refractivity contribution in [3.63, 3.8) is 0 Å². The Bertz CT molecular complexity index is 162. The van der Waals surface area contributed by atoms with Crippen LogP contribution in [0.25, 0.3) is 0 Å². The van der Waals surface area contributed by atoms with Gasteiger partial charge < -0.3 is 5.32 Å². The van der Waals surface area contributed by atoms with Gasteiger partial charge in [0, 0.05) is 19.1 Å². The Hall–Kier alpha value is -0.0800. The molecule has 1 saturated carbocycles. The van der Waals surface area contributed by atoms with Crippen molar-refractivity contribution in [3.05, 3.63) is 0 Å². The molecule has 2 rings (SSSR count). The number of hydrogen-bond donors (Lipinski definition) is 1. The van der Waals surface area contributed by atoms with E-state index >= 15 is 0 Å². The molecule has 82 valence electrons. The molecule has 1 aliphatic heterocycles. The first-order valence-corrected chi connectivity index (χ1v) is 6.36. The minimum Gasteiger partial charge on any atom is -0.315 e. The summed E-state index contributed by atoms with van der Waals surface area (Å²) >= 11 is 0. The van der Waals surface area contributed by atoms with Gasteiger partial charge in [-0.2, -0.15) is 0 Å². The van der Waals surface area contributed by atoms with Gasteiger partial charge in [0.25, 0.3) is 0 Å². The van der Waals surface area contributed by atoms with E-state index in [0.29, 0.717) is 0 Å². The van der Waals surface area contributed by atoms with E-state index in [1.807, 2.05) is 0 Å². The van der Waals surface area contributed by atoms with Gasteiger partial charge in [0.15, 0.2) is 0 Å². The van der Waals surface area contributed by atoms with E-state index in [9.17, 15) is 0 Å². The normalized spacial score (nSPS) is 35.8. The fourth-order valence-electron chi connectivity index (χ4n) is 3.17. The van der Waals surface area contributed by atoms with Crippen LogP contribution in [0.4, 0.5) is 0 Å². The summed E-state index contributed by atoms with van der Waals surface area (Å²) in [6.45, 7) is 7.39. The predicted octanol–water partition coefficient (Wildman–Crippen LogP) is 1.86. The van der Waals surface area contributed by atoms with E-state index in [1.165, 1.54) is 58.3 Å². The van der Waals surface area contributed by atoms with Crippen molar-refractivity contribution in [2.45, 2.75) is 45.1 Å². The Kier molecular flexibility index (Phi) is 3.82. The van der Waals surface area contributed by atoms with Crippen molar-refractivity contribution in [1.82, 2.24) is 10.2 Å². The van der Waals surface area contributed by atoms with E-state index in [2.05, 4.69) is 17.1 Å². The Morgan fingerprint density at radius 1 is 1.14 bits per heavy atom. The Labute approximate surface area is 88.1 Å². The van der Waals surface area contributed by atoms with E-state index < -0.39 is 0 Å². The third kappa shape index (κ3) is 2.29. The van der Waals surface area contributed by atoms with E-state index in [-0.39, 0.29) is 0 Å². The van der Waals surface area contributed by atoms with Gasteiger partial charge in [0.1, 0.15) is 0 Å². The van der Waals surface area contributed by atoms with E-state index in [0.717, 1.165) is 12.0 Å². The average molecular weight is 196 g/mol. The first-order valence-electron chi connectivity index (χ1n) is 6.36. The van der Waals surface area contributed by atoms with Crippen LogP contribution in [0.5, 0.6) is 0 Å². The van der Waals surface area contributed by atoms with E-state index in [1.54, 1.807) is 0 Å². The zero-order chi connectivity index (χ0) is 9.80. The summed E-state index contributed by atoms with van der Waals surface area (Å²) in [6.07, 6.45) is 7.12. The van der Waals surface area contributed by atoms with Gasteiger partial charge in [0.2, 0.25) is 0 Å². The molecule has 1 saturated heterocycles. The molecule has 2 fully saturated rings. The van der Waals surface area contributed by atoms with Gasteiger partial charge in [-0.3, -0.25) is 4.90 Å². The summed E-state index contributed by atoms with van der Waals surface area (Å²) in [5.74, 6) is 0.994. The first kappa shape index (κ1) is 10.4. The SMILES string of the molecule is CCC1CCCC1N1CCCNCC1. The molecule has 1 heterocycles. The van der Waals surface area contributed by atoms with Gasteiger partial charge in [-0.1, -0.05) is 19.8 Å². The molecule has 1 aliphatic carbocycles. The number of hydrogen-bond acceptors (Lipinski definition) is 2. The van der Waals surface area contributed by atoms with Crippen molar-refractivity contribution in [1.29, 1.82) is 0 Å². The molecule has 0 radical (unpaired) electrons. The molecule has 0 aromatic heterocycles. The van der Waals surface area contributed by atoms with Crippen LogP contribution in [0.3, 0.4) is 0 Å². The largest absolute Gasteiger partial charge is 0.315 e. The minimum absolute atomic E-state index is 0.917. The second-order valence-electron chi connectivity index (χ2n) is 4.81. The van der Waals surface area contributed by atoms with Crippen LogP contribution in [0.1, 0.15) is 39.0 Å². The zero-order valence-electron chi connectivity index (χ0n) is 9.47. The molecule has 2 unspecified atom stereocenters. The van der Waals surface area contributed by atoms with Crippen molar-refractivity contribution >= 4 is 0 Å². The zero-order valence-corrected chi connectivity index (χ0v) is 9.47. The Morgan fingerprint density at radius 2 is 2.07 bits per heavy atom. The Morgan fingerprint density at radius 3 is 2.93 bits per heavy atom. The van der Waals surface area contributed by atoms with Gasteiger partial charge in [-0.05, 0) is 38.3 Å². The van der Waals surface area contributed by atoms with Gasteiger partial charge in [-0.25, -0.2) is 0 Å². The standard InChI is InChI=1S/C12H24N2/c1-2-11-5-3-6-12(11)14-9-4-7-13-8-10-14/h11-13H,2-10H2,1H3. The fraction of sp³-hybridized carbons (Fsp3) is 1.00. The van der Waals surface area contributed by atoms with Crippen LogP contribution in [-0.2, 0) is 0 Å². The smallest absolute Gasteiger partial charge is 0.0124 e. The maximum atomic E-state index is 3.49. The summed E-state index contributed by atoms with van der Waals surface area (Å²) in [6, 6.07) is 0.917. The topological polar surface area (TPSA) is 15.3 Å². The molecular formula is C12H24N2. The van der Waals surface area contributed by atoms with Crippen LogP contribution in [0.15, 0.2) is 0 Å². The highest BCUT2D eigenvalue weighted by molar-refractivity contribution is 4.85. The molecule has 0 bridgehead atoms. The monoisotopic (exact) mass is 196 g/mol. The molecule has 2 atom stereocenters. The van der Waals surface area contributed by atoms with Gasteiger partial charge >= 0.3 is 0 Å². The predicted molar refractivity (Wildman–Crippen MR) is 60.5 cm³/mol. The highest BCUT2D eigenvalue weighted by Gasteiger charge is 2.30. The van der Waals surface area contributed by atoms with Crippen molar-refractivity contribution in [2.24, 2.45) is 5.92 Å². The quantitative estimate of drug-likeness (QED) is 0.725. The second-order valence-corrected chi connectivity index (χ2v) is 4.81. The lowest BCUT2D eigenvalue weighted by molar-refractivity contribution is 0.167. The van der Waals surface area contributed by atoms with Gasteiger partial charge in [-0.15, -0.1) is 0 Å². The number of rotatable bonds is 2. The maximum absolute atomic E-state index is 3.49. The summed E-state index contributed by atoms with van der Waals surface area (Å²) in [4.78, 5) is 2.75. The molecule has 1 N–H and O–H groups in total. The van der Waals surface area contributed by atoms with Crippen LogP contribution in [0, 0.1) is 5.92 Å². The van der Waals surface area contributed by atoms with Crippen LogP contribution < -0.4 is 5.32 Å². The van der Waals surface area contributed by atoms with Crippen LogP contribution in [-0.4, -0.2) is 37.1 Å². The summed E-state index contributed by atoms with van der Waals surface area (Å²) in [5, 5.41) is 3.49. The van der Waals surface area contributed by atoms with Crippen LogP contribution >= 0.6 is 0 Å². The first-order chi connectivity index (χ1) is 6.92. The molecule has 0 spiro atoms. The lowest BCUT2D eigenvalue weighted by atomic mass is 9.99. The van der Waals surface area contributed by atoms with E-state index in [4.69, 9.17) is 0 Å². The summed E-state index contributed by atoms with van der Waals surface area (Å²) < 4.78 is 0. The summed E-state index contributed by atoms with van der Waals surface area (Å²) in [5.41, 5.74) is 0. The second kappa shape index (κ2) is 5.13.